The van der Waals surface area contributed by atoms with Gasteiger partial charge in [-0.05, 0) is 23.3 Å². The second-order valence-electron chi connectivity index (χ2n) is 5.07. The van der Waals surface area contributed by atoms with Crippen molar-refractivity contribution in [3.8, 4) is 0 Å². The Balaban J connectivity index is 1.81. The number of nitrogens with one attached hydrogen (secondary N) is 1. The Kier molecular flexibility index (Phi) is 4.31. The molecule has 2 aromatic rings. The smallest absolute Gasteiger partial charge is 0.0492 e. The molecule has 1 N–H and O–H groups in total. The first-order valence-electron chi connectivity index (χ1n) is 6.92. The lowest BCUT2D eigenvalue weighted by molar-refractivity contribution is 0.153. The summed E-state index contributed by atoms with van der Waals surface area (Å²) in [6.45, 7) is 3.86. The lowest BCUT2D eigenvalue weighted by Gasteiger charge is -2.36. The van der Waals surface area contributed by atoms with Crippen LogP contribution in [0.4, 0.5) is 0 Å². The molecule has 1 fully saturated rings. The van der Waals surface area contributed by atoms with Crippen LogP contribution in [-0.2, 0) is 6.54 Å². The maximum Gasteiger partial charge on any atom is 0.0492 e. The van der Waals surface area contributed by atoms with E-state index >= 15 is 0 Å². The molecule has 0 amide bonds. The number of rotatable bonds is 3. The van der Waals surface area contributed by atoms with Gasteiger partial charge in [-0.15, -0.1) is 0 Å². The third-order valence-corrected chi connectivity index (χ3v) is 4.12. The Hall–Kier alpha value is -1.42. The van der Waals surface area contributed by atoms with Crippen molar-refractivity contribution in [3.05, 3.63) is 64.9 Å². The minimum atomic E-state index is 0.355. The normalized spacial score (nSPS) is 19.9. The lowest BCUT2D eigenvalue weighted by atomic mass is 10.0. The topological polar surface area (TPSA) is 28.2 Å². The zero-order valence-electron chi connectivity index (χ0n) is 11.3. The van der Waals surface area contributed by atoms with E-state index in [1.54, 1.807) is 0 Å². The zero-order valence-corrected chi connectivity index (χ0v) is 12.1. The largest absolute Gasteiger partial charge is 0.314 e. The Morgan fingerprint density at radius 3 is 2.95 bits per heavy atom. The van der Waals surface area contributed by atoms with Crippen molar-refractivity contribution >= 4 is 11.6 Å². The Morgan fingerprint density at radius 1 is 1.25 bits per heavy atom. The number of hydrogen-bond acceptors (Lipinski definition) is 3. The van der Waals surface area contributed by atoms with Crippen molar-refractivity contribution in [1.82, 2.24) is 15.2 Å². The van der Waals surface area contributed by atoms with Gasteiger partial charge in [0.05, 0.1) is 0 Å². The van der Waals surface area contributed by atoms with Gasteiger partial charge in [0.15, 0.2) is 0 Å². The molecule has 1 atom stereocenters. The summed E-state index contributed by atoms with van der Waals surface area (Å²) in [6, 6.07) is 12.6. The Bertz CT molecular complexity index is 559. The summed E-state index contributed by atoms with van der Waals surface area (Å²) >= 11 is 6.28. The van der Waals surface area contributed by atoms with E-state index in [2.05, 4.69) is 27.3 Å². The quantitative estimate of drug-likeness (QED) is 0.941. The summed E-state index contributed by atoms with van der Waals surface area (Å²) in [5, 5.41) is 4.30. The third kappa shape index (κ3) is 3.01. The second kappa shape index (κ2) is 6.35. The fourth-order valence-electron chi connectivity index (χ4n) is 2.68. The molecule has 104 valence electrons. The SMILES string of the molecule is Clc1ccccc1CN1CCNCC1c1cccnc1. The van der Waals surface area contributed by atoms with Gasteiger partial charge in [0.1, 0.15) is 0 Å². The molecule has 1 aromatic heterocycles. The fraction of sp³-hybridized carbons (Fsp3) is 0.312. The van der Waals surface area contributed by atoms with E-state index in [9.17, 15) is 0 Å². The highest BCUT2D eigenvalue weighted by atomic mass is 35.5. The van der Waals surface area contributed by atoms with Crippen molar-refractivity contribution in [2.75, 3.05) is 19.6 Å². The zero-order chi connectivity index (χ0) is 13.8. The molecule has 0 radical (unpaired) electrons. The summed E-state index contributed by atoms with van der Waals surface area (Å²) in [4.78, 5) is 6.71. The van der Waals surface area contributed by atoms with Crippen LogP contribution >= 0.6 is 11.6 Å². The minimum absolute atomic E-state index is 0.355. The predicted octanol–water partition coefficient (Wildman–Crippen LogP) is 2.88. The number of pyridine rings is 1. The van der Waals surface area contributed by atoms with Crippen molar-refractivity contribution in [2.24, 2.45) is 0 Å². The van der Waals surface area contributed by atoms with Gasteiger partial charge in [-0.1, -0.05) is 35.9 Å². The Labute approximate surface area is 124 Å². The molecule has 1 aromatic carbocycles. The van der Waals surface area contributed by atoms with Gasteiger partial charge >= 0.3 is 0 Å². The molecular weight excluding hydrogens is 270 g/mol. The highest BCUT2D eigenvalue weighted by Crippen LogP contribution is 2.25. The molecule has 0 saturated carbocycles. The molecule has 0 aliphatic carbocycles. The van der Waals surface area contributed by atoms with E-state index in [1.807, 2.05) is 36.7 Å². The van der Waals surface area contributed by atoms with Crippen molar-refractivity contribution in [2.45, 2.75) is 12.6 Å². The van der Waals surface area contributed by atoms with Crippen LogP contribution in [0.3, 0.4) is 0 Å². The number of hydrogen-bond donors (Lipinski definition) is 1. The van der Waals surface area contributed by atoms with Crippen LogP contribution in [0.1, 0.15) is 17.2 Å². The average Bonchev–Trinajstić information content (AvgIpc) is 2.51. The number of halogens is 1. The molecule has 3 rings (SSSR count). The molecule has 2 heterocycles. The highest BCUT2D eigenvalue weighted by molar-refractivity contribution is 6.31. The van der Waals surface area contributed by atoms with Crippen LogP contribution in [0.25, 0.3) is 0 Å². The molecule has 3 nitrogen and oxygen atoms in total. The van der Waals surface area contributed by atoms with Gasteiger partial charge in [0, 0.05) is 49.6 Å². The number of nitrogens with zero attached hydrogens (tertiary/aromatic N) is 2. The summed E-state index contributed by atoms with van der Waals surface area (Å²) in [5.41, 5.74) is 2.44. The monoisotopic (exact) mass is 287 g/mol. The molecule has 4 heteroatoms. The van der Waals surface area contributed by atoms with Crippen molar-refractivity contribution < 1.29 is 0 Å². The van der Waals surface area contributed by atoms with Gasteiger partial charge in [-0.3, -0.25) is 9.88 Å². The number of piperazine rings is 1. The molecule has 1 aliphatic rings. The van der Waals surface area contributed by atoms with E-state index in [4.69, 9.17) is 11.6 Å². The minimum Gasteiger partial charge on any atom is -0.314 e. The van der Waals surface area contributed by atoms with Gasteiger partial charge in [-0.2, -0.15) is 0 Å². The first-order chi connectivity index (χ1) is 9.84. The molecule has 0 bridgehead atoms. The Morgan fingerprint density at radius 2 is 2.15 bits per heavy atom. The first kappa shape index (κ1) is 13.6. The van der Waals surface area contributed by atoms with Crippen LogP contribution in [0.5, 0.6) is 0 Å². The second-order valence-corrected chi connectivity index (χ2v) is 5.48. The van der Waals surface area contributed by atoms with E-state index in [0.717, 1.165) is 31.2 Å². The van der Waals surface area contributed by atoms with E-state index in [-0.39, 0.29) is 0 Å². The summed E-state index contributed by atoms with van der Waals surface area (Å²) in [7, 11) is 0. The number of aromatic nitrogens is 1. The first-order valence-corrected chi connectivity index (χ1v) is 7.30. The highest BCUT2D eigenvalue weighted by Gasteiger charge is 2.24. The van der Waals surface area contributed by atoms with Crippen LogP contribution in [0.15, 0.2) is 48.8 Å². The van der Waals surface area contributed by atoms with Gasteiger partial charge in [0.2, 0.25) is 0 Å². The van der Waals surface area contributed by atoms with Crippen LogP contribution in [0, 0.1) is 0 Å². The van der Waals surface area contributed by atoms with E-state index < -0.39 is 0 Å². The van der Waals surface area contributed by atoms with Gasteiger partial charge < -0.3 is 5.32 Å². The predicted molar refractivity (Wildman–Crippen MR) is 81.7 cm³/mol. The lowest BCUT2D eigenvalue weighted by Crippen LogP contribution is -2.45. The van der Waals surface area contributed by atoms with E-state index in [1.165, 1.54) is 11.1 Å². The third-order valence-electron chi connectivity index (χ3n) is 3.75. The molecule has 1 unspecified atom stereocenters. The maximum absolute atomic E-state index is 6.28. The standard InChI is InChI=1S/C16H18ClN3/c17-15-6-2-1-4-14(15)12-20-9-8-19-11-16(20)13-5-3-7-18-10-13/h1-7,10,16,19H,8-9,11-12H2. The molecule has 20 heavy (non-hydrogen) atoms. The molecular formula is C16H18ClN3. The summed E-state index contributed by atoms with van der Waals surface area (Å²) in [5.74, 6) is 0. The molecule has 1 saturated heterocycles. The average molecular weight is 288 g/mol. The fourth-order valence-corrected chi connectivity index (χ4v) is 2.88. The summed E-state index contributed by atoms with van der Waals surface area (Å²) in [6.07, 6.45) is 3.77. The molecule has 1 aliphatic heterocycles. The number of benzene rings is 1. The van der Waals surface area contributed by atoms with Crippen LogP contribution in [-0.4, -0.2) is 29.5 Å². The van der Waals surface area contributed by atoms with Crippen LogP contribution in [0.2, 0.25) is 5.02 Å². The maximum atomic E-state index is 6.28. The molecule has 0 spiro atoms. The van der Waals surface area contributed by atoms with Gasteiger partial charge in [0.25, 0.3) is 0 Å². The summed E-state index contributed by atoms with van der Waals surface area (Å²) < 4.78 is 0. The van der Waals surface area contributed by atoms with Gasteiger partial charge in [-0.25, -0.2) is 0 Å². The van der Waals surface area contributed by atoms with Crippen molar-refractivity contribution in [1.29, 1.82) is 0 Å². The van der Waals surface area contributed by atoms with Crippen molar-refractivity contribution in [3.63, 3.8) is 0 Å². The van der Waals surface area contributed by atoms with Crippen LogP contribution < -0.4 is 5.32 Å². The van der Waals surface area contributed by atoms with E-state index in [0.29, 0.717) is 6.04 Å².